The van der Waals surface area contributed by atoms with Crippen molar-refractivity contribution < 1.29 is 9.90 Å². The predicted molar refractivity (Wildman–Crippen MR) is 54.0 cm³/mol. The molecule has 0 bridgehead atoms. The minimum atomic E-state index is -0.733. The molecule has 0 unspecified atom stereocenters. The van der Waals surface area contributed by atoms with E-state index in [1.165, 1.54) is 0 Å². The molecular formula is C10H12O2S. The van der Waals surface area contributed by atoms with Crippen molar-refractivity contribution in [1.29, 1.82) is 0 Å². The molecule has 0 saturated carbocycles. The van der Waals surface area contributed by atoms with Crippen LogP contribution < -0.4 is 0 Å². The van der Waals surface area contributed by atoms with E-state index in [9.17, 15) is 4.79 Å². The largest absolute Gasteiger partial charge is 0.481 e. The zero-order chi connectivity index (χ0) is 9.68. The normalized spacial score (nSPS) is 12.4. The van der Waals surface area contributed by atoms with Gasteiger partial charge >= 0.3 is 5.97 Å². The van der Waals surface area contributed by atoms with Gasteiger partial charge in [0, 0.05) is 10.6 Å². The Morgan fingerprint density at radius 2 is 2.08 bits per heavy atom. The third-order valence-electron chi connectivity index (χ3n) is 1.66. The average Bonchev–Trinajstić information content (AvgIpc) is 2.15. The van der Waals surface area contributed by atoms with Crippen LogP contribution in [0.25, 0.3) is 0 Å². The number of thioether (sulfide) groups is 1. The van der Waals surface area contributed by atoms with Crippen molar-refractivity contribution in [2.75, 3.05) is 5.75 Å². The number of carboxylic acids is 1. The van der Waals surface area contributed by atoms with Crippen LogP contribution in [0.15, 0.2) is 35.2 Å². The molecule has 0 heterocycles. The zero-order valence-electron chi connectivity index (χ0n) is 7.43. The molecule has 1 aromatic rings. The van der Waals surface area contributed by atoms with E-state index in [0.717, 1.165) is 4.90 Å². The molecule has 13 heavy (non-hydrogen) atoms. The van der Waals surface area contributed by atoms with Crippen molar-refractivity contribution in [3.63, 3.8) is 0 Å². The molecule has 0 aliphatic carbocycles. The summed E-state index contributed by atoms with van der Waals surface area (Å²) in [6.45, 7) is 1.72. The summed E-state index contributed by atoms with van der Waals surface area (Å²) < 4.78 is 0. The molecule has 0 aliphatic heterocycles. The second-order valence-electron chi connectivity index (χ2n) is 2.86. The molecule has 0 amide bonds. The van der Waals surface area contributed by atoms with E-state index in [2.05, 4.69) is 0 Å². The van der Waals surface area contributed by atoms with Gasteiger partial charge in [0.2, 0.25) is 0 Å². The Kier molecular flexibility index (Phi) is 3.83. The van der Waals surface area contributed by atoms with Gasteiger partial charge in [-0.05, 0) is 12.1 Å². The van der Waals surface area contributed by atoms with Crippen LogP contribution in [0.1, 0.15) is 6.92 Å². The molecule has 0 saturated heterocycles. The quantitative estimate of drug-likeness (QED) is 0.752. The van der Waals surface area contributed by atoms with Gasteiger partial charge in [-0.1, -0.05) is 25.1 Å². The highest BCUT2D eigenvalue weighted by atomic mass is 32.2. The van der Waals surface area contributed by atoms with Gasteiger partial charge in [-0.2, -0.15) is 0 Å². The van der Waals surface area contributed by atoms with Crippen molar-refractivity contribution in [2.45, 2.75) is 11.8 Å². The maximum Gasteiger partial charge on any atom is 0.307 e. The number of hydrogen-bond donors (Lipinski definition) is 1. The van der Waals surface area contributed by atoms with Crippen LogP contribution in [0.5, 0.6) is 0 Å². The van der Waals surface area contributed by atoms with E-state index in [1.807, 2.05) is 30.3 Å². The fourth-order valence-electron chi connectivity index (χ4n) is 0.809. The number of rotatable bonds is 4. The second-order valence-corrected chi connectivity index (χ2v) is 3.96. The molecule has 0 spiro atoms. The molecular weight excluding hydrogens is 184 g/mol. The number of carbonyl (C=O) groups is 1. The molecule has 1 aromatic carbocycles. The number of aliphatic carboxylic acids is 1. The monoisotopic (exact) mass is 196 g/mol. The van der Waals surface area contributed by atoms with Gasteiger partial charge in [0.05, 0.1) is 5.92 Å². The van der Waals surface area contributed by atoms with Gasteiger partial charge in [0.15, 0.2) is 0 Å². The lowest BCUT2D eigenvalue weighted by Gasteiger charge is -2.04. The minimum absolute atomic E-state index is 0.287. The van der Waals surface area contributed by atoms with Crippen molar-refractivity contribution in [3.05, 3.63) is 30.3 Å². The SMILES string of the molecule is C[C@H](CSc1ccccc1)C(=O)O. The molecule has 70 valence electrons. The smallest absolute Gasteiger partial charge is 0.307 e. The zero-order valence-corrected chi connectivity index (χ0v) is 8.25. The molecule has 3 heteroatoms. The third-order valence-corrected chi connectivity index (χ3v) is 2.94. The van der Waals surface area contributed by atoms with E-state index in [0.29, 0.717) is 5.75 Å². The van der Waals surface area contributed by atoms with Gasteiger partial charge in [-0.3, -0.25) is 4.79 Å². The topological polar surface area (TPSA) is 37.3 Å². The maximum absolute atomic E-state index is 10.5. The highest BCUT2D eigenvalue weighted by molar-refractivity contribution is 7.99. The Morgan fingerprint density at radius 1 is 1.46 bits per heavy atom. The fourth-order valence-corrected chi connectivity index (χ4v) is 1.74. The van der Waals surface area contributed by atoms with Crippen LogP contribution >= 0.6 is 11.8 Å². The first-order chi connectivity index (χ1) is 6.20. The summed E-state index contributed by atoms with van der Waals surface area (Å²) in [5, 5.41) is 8.65. The Bertz CT molecular complexity index is 272. The average molecular weight is 196 g/mol. The predicted octanol–water partition coefficient (Wildman–Crippen LogP) is 2.50. The third kappa shape index (κ3) is 3.51. The van der Waals surface area contributed by atoms with Crippen LogP contribution in [0.2, 0.25) is 0 Å². The summed E-state index contributed by atoms with van der Waals surface area (Å²) >= 11 is 1.58. The molecule has 1 N–H and O–H groups in total. The van der Waals surface area contributed by atoms with Crippen molar-refractivity contribution in [3.8, 4) is 0 Å². The molecule has 0 aliphatic rings. The Labute approximate surface area is 82.0 Å². The first-order valence-corrected chi connectivity index (χ1v) is 5.09. The van der Waals surface area contributed by atoms with E-state index < -0.39 is 5.97 Å². The van der Waals surface area contributed by atoms with E-state index >= 15 is 0 Å². The van der Waals surface area contributed by atoms with Crippen LogP contribution in [0.3, 0.4) is 0 Å². The summed E-state index contributed by atoms with van der Waals surface area (Å²) in [4.78, 5) is 11.6. The summed E-state index contributed by atoms with van der Waals surface area (Å²) in [5.41, 5.74) is 0. The van der Waals surface area contributed by atoms with Gasteiger partial charge in [-0.15, -0.1) is 11.8 Å². The number of benzene rings is 1. The Morgan fingerprint density at radius 3 is 2.62 bits per heavy atom. The fraction of sp³-hybridized carbons (Fsp3) is 0.300. The summed E-state index contributed by atoms with van der Waals surface area (Å²) in [6.07, 6.45) is 0. The molecule has 0 radical (unpaired) electrons. The summed E-state index contributed by atoms with van der Waals surface area (Å²) in [6, 6.07) is 9.82. The molecule has 0 aromatic heterocycles. The van der Waals surface area contributed by atoms with Crippen molar-refractivity contribution in [2.24, 2.45) is 5.92 Å². The van der Waals surface area contributed by atoms with Crippen molar-refractivity contribution >= 4 is 17.7 Å². The number of hydrogen-bond acceptors (Lipinski definition) is 2. The first kappa shape index (κ1) is 10.1. The standard InChI is InChI=1S/C10H12O2S/c1-8(10(11)12)7-13-9-5-3-2-4-6-9/h2-6,8H,7H2,1H3,(H,11,12)/t8-/m1/s1. The minimum Gasteiger partial charge on any atom is -0.481 e. The van der Waals surface area contributed by atoms with Gasteiger partial charge in [0.25, 0.3) is 0 Å². The van der Waals surface area contributed by atoms with Crippen molar-refractivity contribution in [1.82, 2.24) is 0 Å². The highest BCUT2D eigenvalue weighted by Crippen LogP contribution is 2.19. The van der Waals surface area contributed by atoms with Gasteiger partial charge < -0.3 is 5.11 Å². The first-order valence-electron chi connectivity index (χ1n) is 4.11. The summed E-state index contributed by atoms with van der Waals surface area (Å²) in [7, 11) is 0. The number of carboxylic acid groups (broad SMARTS) is 1. The van der Waals surface area contributed by atoms with Crippen LogP contribution in [-0.4, -0.2) is 16.8 Å². The van der Waals surface area contributed by atoms with Gasteiger partial charge in [-0.25, -0.2) is 0 Å². The summed E-state index contributed by atoms with van der Waals surface area (Å²) in [5.74, 6) is -0.395. The van der Waals surface area contributed by atoms with Crippen LogP contribution in [0, 0.1) is 5.92 Å². The second kappa shape index (κ2) is 4.92. The molecule has 0 fully saturated rings. The molecule has 1 rings (SSSR count). The maximum atomic E-state index is 10.5. The lowest BCUT2D eigenvalue weighted by Crippen LogP contribution is -2.11. The van der Waals surface area contributed by atoms with Gasteiger partial charge in [0.1, 0.15) is 0 Å². The Balaban J connectivity index is 2.39. The lowest BCUT2D eigenvalue weighted by molar-refractivity contribution is -0.140. The lowest BCUT2D eigenvalue weighted by atomic mass is 10.2. The molecule has 2 nitrogen and oxygen atoms in total. The highest BCUT2D eigenvalue weighted by Gasteiger charge is 2.10. The Hall–Kier alpha value is -0.960. The van der Waals surface area contributed by atoms with Crippen LogP contribution in [-0.2, 0) is 4.79 Å². The van der Waals surface area contributed by atoms with E-state index in [1.54, 1.807) is 18.7 Å². The van der Waals surface area contributed by atoms with E-state index in [-0.39, 0.29) is 5.92 Å². The molecule has 1 atom stereocenters. The van der Waals surface area contributed by atoms with E-state index in [4.69, 9.17) is 5.11 Å². The van der Waals surface area contributed by atoms with Crippen LogP contribution in [0.4, 0.5) is 0 Å².